The molecule has 0 unspecified atom stereocenters. The molecule has 2 amide bonds. The summed E-state index contributed by atoms with van der Waals surface area (Å²) in [6.07, 6.45) is 5.66. The fraction of sp³-hybridized carbons (Fsp3) is 0.333. The predicted octanol–water partition coefficient (Wildman–Crippen LogP) is 3.72. The smallest absolute Gasteiger partial charge is 0.327 e. The van der Waals surface area contributed by atoms with Crippen molar-refractivity contribution < 1.29 is 9.18 Å². The summed E-state index contributed by atoms with van der Waals surface area (Å²) in [6.45, 7) is 2.73. The molecule has 3 aliphatic rings. The number of amides is 2. The van der Waals surface area contributed by atoms with Gasteiger partial charge in [-0.3, -0.25) is 9.88 Å². The van der Waals surface area contributed by atoms with Gasteiger partial charge < -0.3 is 15.1 Å². The van der Waals surface area contributed by atoms with E-state index in [-0.39, 0.29) is 12.1 Å². The zero-order valence-electron chi connectivity index (χ0n) is 18.1. The van der Waals surface area contributed by atoms with E-state index in [0.717, 1.165) is 42.3 Å². The highest BCUT2D eigenvalue weighted by Gasteiger charge is 2.40. The van der Waals surface area contributed by atoms with Gasteiger partial charge in [0, 0.05) is 49.5 Å². The molecule has 2 atom stereocenters. The van der Waals surface area contributed by atoms with Crippen LogP contribution in [0.25, 0.3) is 11.3 Å². The van der Waals surface area contributed by atoms with Gasteiger partial charge in [-0.1, -0.05) is 0 Å². The van der Waals surface area contributed by atoms with E-state index < -0.39 is 6.17 Å². The number of nitrogens with one attached hydrogen (secondary N) is 1. The van der Waals surface area contributed by atoms with Crippen LogP contribution in [0, 0.1) is 0 Å². The molecule has 0 radical (unpaired) electrons. The number of aromatic nitrogens is 3. The minimum atomic E-state index is -0.811. The quantitative estimate of drug-likeness (QED) is 0.662. The van der Waals surface area contributed by atoms with Crippen molar-refractivity contribution in [2.24, 2.45) is 0 Å². The molecule has 6 rings (SSSR count). The molecule has 8 nitrogen and oxygen atoms in total. The van der Waals surface area contributed by atoms with E-state index in [1.807, 2.05) is 29.2 Å². The van der Waals surface area contributed by atoms with Crippen LogP contribution in [0.15, 0.2) is 55.0 Å². The SMILES string of the molecule is O=C(Nc1ccncc1)N1c2nc(-c3ccnc(N4CC[C@H](F)C4)c3)ccc2N2CC[C@H]1C2. The van der Waals surface area contributed by atoms with Crippen molar-refractivity contribution in [3.63, 3.8) is 0 Å². The molecule has 3 aromatic rings. The van der Waals surface area contributed by atoms with E-state index in [4.69, 9.17) is 4.98 Å². The summed E-state index contributed by atoms with van der Waals surface area (Å²) in [5, 5.41) is 2.98. The highest BCUT2D eigenvalue weighted by atomic mass is 19.1. The normalized spacial score (nSPS) is 21.3. The van der Waals surface area contributed by atoms with E-state index in [0.29, 0.717) is 31.0 Å². The average molecular weight is 446 g/mol. The first kappa shape index (κ1) is 19.9. The Hall–Kier alpha value is -3.75. The minimum Gasteiger partial charge on any atom is -0.366 e. The first-order valence-corrected chi connectivity index (χ1v) is 11.3. The van der Waals surface area contributed by atoms with Gasteiger partial charge >= 0.3 is 6.03 Å². The lowest BCUT2D eigenvalue weighted by atomic mass is 10.1. The second-order valence-corrected chi connectivity index (χ2v) is 8.70. The van der Waals surface area contributed by atoms with Crippen molar-refractivity contribution in [1.82, 2.24) is 15.0 Å². The van der Waals surface area contributed by atoms with Crippen LogP contribution in [0.1, 0.15) is 12.8 Å². The van der Waals surface area contributed by atoms with Crippen molar-refractivity contribution in [3.8, 4) is 11.3 Å². The summed E-state index contributed by atoms with van der Waals surface area (Å²) < 4.78 is 13.7. The maximum atomic E-state index is 13.7. The Morgan fingerprint density at radius 1 is 1.00 bits per heavy atom. The molecule has 3 aliphatic heterocycles. The molecule has 2 bridgehead atoms. The molecule has 2 fully saturated rings. The van der Waals surface area contributed by atoms with Crippen molar-refractivity contribution >= 4 is 29.0 Å². The third-order valence-electron chi connectivity index (χ3n) is 6.60. The van der Waals surface area contributed by atoms with Crippen molar-refractivity contribution in [2.45, 2.75) is 25.1 Å². The van der Waals surface area contributed by atoms with Crippen LogP contribution < -0.4 is 20.0 Å². The molecule has 0 spiro atoms. The number of hydrogen-bond acceptors (Lipinski definition) is 6. The number of anilines is 4. The number of pyridine rings is 3. The number of fused-ring (bicyclic) bond motifs is 4. The molecule has 0 saturated carbocycles. The highest BCUT2D eigenvalue weighted by Crippen LogP contribution is 2.40. The molecule has 1 N–H and O–H groups in total. The lowest BCUT2D eigenvalue weighted by Crippen LogP contribution is -2.48. The summed E-state index contributed by atoms with van der Waals surface area (Å²) in [7, 11) is 0. The van der Waals surface area contributed by atoms with Gasteiger partial charge in [0.2, 0.25) is 0 Å². The number of nitrogens with zero attached hydrogens (tertiary/aromatic N) is 6. The van der Waals surface area contributed by atoms with Gasteiger partial charge in [-0.2, -0.15) is 0 Å². The van der Waals surface area contributed by atoms with Crippen molar-refractivity contribution in [1.29, 1.82) is 0 Å². The van der Waals surface area contributed by atoms with Crippen LogP contribution in [0.5, 0.6) is 0 Å². The lowest BCUT2D eigenvalue weighted by molar-refractivity contribution is 0.255. The van der Waals surface area contributed by atoms with Crippen LogP contribution in [0.4, 0.5) is 32.2 Å². The third-order valence-corrected chi connectivity index (χ3v) is 6.60. The summed E-state index contributed by atoms with van der Waals surface area (Å²) in [5.41, 5.74) is 3.32. The number of rotatable bonds is 3. The number of halogens is 1. The van der Waals surface area contributed by atoms with E-state index in [9.17, 15) is 9.18 Å². The molecule has 6 heterocycles. The fourth-order valence-electron chi connectivity index (χ4n) is 4.93. The van der Waals surface area contributed by atoms with E-state index in [1.165, 1.54) is 0 Å². The average Bonchev–Trinajstić information content (AvgIpc) is 3.47. The maximum absolute atomic E-state index is 13.7. The van der Waals surface area contributed by atoms with Gasteiger partial charge in [-0.15, -0.1) is 0 Å². The van der Waals surface area contributed by atoms with E-state index in [2.05, 4.69) is 20.2 Å². The van der Waals surface area contributed by atoms with Crippen LogP contribution in [-0.4, -0.2) is 59.4 Å². The molecule has 0 aromatic carbocycles. The summed E-state index contributed by atoms with van der Waals surface area (Å²) in [5.74, 6) is 1.42. The highest BCUT2D eigenvalue weighted by molar-refractivity contribution is 6.04. The third kappa shape index (κ3) is 3.63. The van der Waals surface area contributed by atoms with E-state index in [1.54, 1.807) is 35.6 Å². The van der Waals surface area contributed by atoms with E-state index >= 15 is 0 Å². The standard InChI is InChI=1S/C24H24FN7O/c25-17-6-11-31(14-17)22-13-16(3-10-27-22)20-1-2-21-23(29-20)32(19-7-12-30(21)15-19)24(33)28-18-4-8-26-9-5-18/h1-5,8-10,13,17,19H,6-7,11-12,14-15H2,(H,26,28,33)/t17-,19-/m0/s1. The van der Waals surface area contributed by atoms with Crippen LogP contribution in [-0.2, 0) is 0 Å². The van der Waals surface area contributed by atoms with Crippen LogP contribution in [0.2, 0.25) is 0 Å². The second kappa shape index (κ2) is 7.99. The lowest BCUT2D eigenvalue weighted by Gasteiger charge is -2.36. The zero-order valence-corrected chi connectivity index (χ0v) is 18.1. The summed E-state index contributed by atoms with van der Waals surface area (Å²) >= 11 is 0. The molecular formula is C24H24FN7O. The van der Waals surface area contributed by atoms with Crippen LogP contribution >= 0.6 is 0 Å². The molecular weight excluding hydrogens is 421 g/mol. The van der Waals surface area contributed by atoms with Gasteiger partial charge in [0.05, 0.1) is 24.0 Å². The Bertz CT molecular complexity index is 1190. The van der Waals surface area contributed by atoms with Gasteiger partial charge in [-0.25, -0.2) is 19.2 Å². The Labute approximate surface area is 191 Å². The molecule has 3 aromatic heterocycles. The van der Waals surface area contributed by atoms with Crippen molar-refractivity contribution in [3.05, 3.63) is 55.0 Å². The molecule has 168 valence electrons. The van der Waals surface area contributed by atoms with Crippen molar-refractivity contribution in [2.75, 3.05) is 46.2 Å². The minimum absolute atomic E-state index is 0.0705. The molecule has 0 aliphatic carbocycles. The maximum Gasteiger partial charge on any atom is 0.327 e. The number of carbonyl (C=O) groups is 1. The Morgan fingerprint density at radius 3 is 2.67 bits per heavy atom. The zero-order chi connectivity index (χ0) is 22.4. The second-order valence-electron chi connectivity index (χ2n) is 8.70. The summed E-state index contributed by atoms with van der Waals surface area (Å²) in [6, 6.07) is 11.3. The monoisotopic (exact) mass is 445 g/mol. The molecule has 9 heteroatoms. The molecule has 2 saturated heterocycles. The Balaban J connectivity index is 1.34. The van der Waals surface area contributed by atoms with Gasteiger partial charge in [-0.05, 0) is 49.2 Å². The predicted molar refractivity (Wildman–Crippen MR) is 126 cm³/mol. The number of urea groups is 1. The first-order valence-electron chi connectivity index (χ1n) is 11.3. The fourth-order valence-corrected chi connectivity index (χ4v) is 4.93. The first-order chi connectivity index (χ1) is 16.2. The van der Waals surface area contributed by atoms with Crippen LogP contribution in [0.3, 0.4) is 0 Å². The van der Waals surface area contributed by atoms with Gasteiger partial charge in [0.1, 0.15) is 12.0 Å². The number of carbonyl (C=O) groups excluding carboxylic acids is 1. The van der Waals surface area contributed by atoms with Gasteiger partial charge in [0.15, 0.2) is 5.82 Å². The molecule has 33 heavy (non-hydrogen) atoms. The Morgan fingerprint density at radius 2 is 1.85 bits per heavy atom. The van der Waals surface area contributed by atoms with Gasteiger partial charge in [0.25, 0.3) is 0 Å². The summed E-state index contributed by atoms with van der Waals surface area (Å²) in [4.78, 5) is 32.7. The topological polar surface area (TPSA) is 77.5 Å². The Kier molecular flexibility index (Phi) is 4.82. The largest absolute Gasteiger partial charge is 0.366 e. The number of hydrogen-bond donors (Lipinski definition) is 1. The number of alkyl halides is 1.